The Labute approximate surface area is 151 Å². The van der Waals surface area contributed by atoms with Crippen LogP contribution in [0.2, 0.25) is 5.02 Å². The minimum absolute atomic E-state index is 0.129. The minimum Gasteiger partial charge on any atom is -0.496 e. The van der Waals surface area contributed by atoms with Crippen molar-refractivity contribution in [1.29, 1.82) is 0 Å². The summed E-state index contributed by atoms with van der Waals surface area (Å²) in [5, 5.41) is 5.60. The van der Waals surface area contributed by atoms with Crippen LogP contribution < -0.4 is 15.4 Å². The molecule has 25 heavy (non-hydrogen) atoms. The molecular weight excluding hydrogens is 344 g/mol. The number of ether oxygens (including phenoxy) is 2. The standard InChI is InChI=1S/C18H19ClN2O4/c1-24-15-6-4-3-5-14(15)16(25-2)11-20-17(22)18(23)21-13-9-7-12(19)8-10-13/h3-10,16H,11H2,1-2H3,(H,20,22)(H,21,23). The second kappa shape index (κ2) is 9.05. The molecule has 2 rings (SSSR count). The summed E-state index contributed by atoms with van der Waals surface area (Å²) in [5.41, 5.74) is 1.27. The summed E-state index contributed by atoms with van der Waals surface area (Å²) < 4.78 is 10.7. The van der Waals surface area contributed by atoms with Crippen molar-refractivity contribution in [2.75, 3.05) is 26.1 Å². The van der Waals surface area contributed by atoms with Gasteiger partial charge in [-0.1, -0.05) is 29.8 Å². The number of carbonyl (C=O) groups excluding carboxylic acids is 2. The summed E-state index contributed by atoms with van der Waals surface area (Å²) in [6, 6.07) is 13.8. The van der Waals surface area contributed by atoms with Crippen LogP contribution in [0.5, 0.6) is 5.75 Å². The highest BCUT2D eigenvalue weighted by Crippen LogP contribution is 2.26. The number of amides is 2. The first kappa shape index (κ1) is 18.8. The molecule has 0 aromatic heterocycles. The highest BCUT2D eigenvalue weighted by molar-refractivity contribution is 6.39. The lowest BCUT2D eigenvalue weighted by molar-refractivity contribution is -0.136. The summed E-state index contributed by atoms with van der Waals surface area (Å²) in [7, 11) is 3.08. The number of anilines is 1. The van der Waals surface area contributed by atoms with Gasteiger partial charge in [-0.25, -0.2) is 0 Å². The van der Waals surface area contributed by atoms with Gasteiger partial charge in [0.25, 0.3) is 0 Å². The summed E-state index contributed by atoms with van der Waals surface area (Å²) in [4.78, 5) is 23.9. The van der Waals surface area contributed by atoms with Crippen molar-refractivity contribution in [3.8, 4) is 5.75 Å². The Morgan fingerprint density at radius 1 is 1.04 bits per heavy atom. The van der Waals surface area contributed by atoms with E-state index in [0.717, 1.165) is 5.56 Å². The molecule has 1 unspecified atom stereocenters. The van der Waals surface area contributed by atoms with Crippen LogP contribution in [0, 0.1) is 0 Å². The molecule has 0 saturated heterocycles. The fraction of sp³-hybridized carbons (Fsp3) is 0.222. The summed E-state index contributed by atoms with van der Waals surface area (Å²) >= 11 is 5.78. The molecule has 2 N–H and O–H groups in total. The first-order valence-electron chi connectivity index (χ1n) is 7.55. The fourth-order valence-corrected chi connectivity index (χ4v) is 2.37. The number of nitrogens with one attached hydrogen (secondary N) is 2. The maximum atomic E-state index is 12.0. The Hall–Kier alpha value is -2.57. The lowest BCUT2D eigenvalue weighted by Gasteiger charge is -2.18. The number of hydrogen-bond acceptors (Lipinski definition) is 4. The van der Waals surface area contributed by atoms with Gasteiger partial charge in [-0.05, 0) is 30.3 Å². The zero-order valence-corrected chi connectivity index (χ0v) is 14.7. The van der Waals surface area contributed by atoms with E-state index in [4.69, 9.17) is 21.1 Å². The van der Waals surface area contributed by atoms with Gasteiger partial charge < -0.3 is 20.1 Å². The van der Waals surface area contributed by atoms with Crippen LogP contribution in [0.3, 0.4) is 0 Å². The van der Waals surface area contributed by atoms with Gasteiger partial charge in [-0.15, -0.1) is 0 Å². The molecular formula is C18H19ClN2O4. The van der Waals surface area contributed by atoms with Crippen LogP contribution >= 0.6 is 11.6 Å². The van der Waals surface area contributed by atoms with Crippen molar-refractivity contribution < 1.29 is 19.1 Å². The summed E-state index contributed by atoms with van der Waals surface area (Å²) in [6.45, 7) is 0.129. The van der Waals surface area contributed by atoms with Gasteiger partial charge in [-0.3, -0.25) is 9.59 Å². The average Bonchev–Trinajstić information content (AvgIpc) is 2.64. The maximum Gasteiger partial charge on any atom is 0.313 e. The van der Waals surface area contributed by atoms with Crippen molar-refractivity contribution in [3.05, 3.63) is 59.1 Å². The zero-order chi connectivity index (χ0) is 18.2. The number of carbonyl (C=O) groups is 2. The molecule has 0 aliphatic heterocycles. The number of halogens is 1. The van der Waals surface area contributed by atoms with E-state index < -0.39 is 17.9 Å². The first-order valence-corrected chi connectivity index (χ1v) is 7.93. The van der Waals surface area contributed by atoms with E-state index in [1.165, 1.54) is 7.11 Å². The van der Waals surface area contributed by atoms with E-state index in [1.54, 1.807) is 37.4 Å². The van der Waals surface area contributed by atoms with Crippen molar-refractivity contribution in [3.63, 3.8) is 0 Å². The van der Waals surface area contributed by atoms with E-state index in [2.05, 4.69) is 10.6 Å². The van der Waals surface area contributed by atoms with Gasteiger partial charge in [0.05, 0.1) is 7.11 Å². The van der Waals surface area contributed by atoms with Crippen LogP contribution in [-0.4, -0.2) is 32.6 Å². The molecule has 0 heterocycles. The molecule has 6 nitrogen and oxygen atoms in total. The van der Waals surface area contributed by atoms with E-state index in [-0.39, 0.29) is 6.54 Å². The number of methoxy groups -OCH3 is 2. The van der Waals surface area contributed by atoms with Crippen molar-refractivity contribution in [1.82, 2.24) is 5.32 Å². The van der Waals surface area contributed by atoms with Crippen LogP contribution in [0.1, 0.15) is 11.7 Å². The molecule has 0 fully saturated rings. The third-order valence-electron chi connectivity index (χ3n) is 3.53. The van der Waals surface area contributed by atoms with E-state index in [0.29, 0.717) is 16.5 Å². The predicted octanol–water partition coefficient (Wildman–Crippen LogP) is 2.79. The number of rotatable bonds is 6. The Morgan fingerprint density at radius 3 is 2.36 bits per heavy atom. The fourth-order valence-electron chi connectivity index (χ4n) is 2.24. The normalized spacial score (nSPS) is 11.5. The molecule has 7 heteroatoms. The minimum atomic E-state index is -0.766. The maximum absolute atomic E-state index is 12.0. The smallest absolute Gasteiger partial charge is 0.313 e. The molecule has 132 valence electrons. The number of para-hydroxylation sites is 1. The molecule has 0 radical (unpaired) electrons. The summed E-state index contributed by atoms with van der Waals surface area (Å²) in [5.74, 6) is -0.877. The highest BCUT2D eigenvalue weighted by atomic mass is 35.5. The van der Waals surface area contributed by atoms with Gasteiger partial charge in [-0.2, -0.15) is 0 Å². The first-order chi connectivity index (χ1) is 12.0. The SMILES string of the molecule is COc1ccccc1C(CNC(=O)C(=O)Nc1ccc(Cl)cc1)OC. The Morgan fingerprint density at radius 2 is 1.72 bits per heavy atom. The topological polar surface area (TPSA) is 76.7 Å². The molecule has 2 amide bonds. The van der Waals surface area contributed by atoms with Gasteiger partial charge in [0.15, 0.2) is 0 Å². The predicted molar refractivity (Wildman–Crippen MR) is 95.8 cm³/mol. The third-order valence-corrected chi connectivity index (χ3v) is 3.78. The van der Waals surface area contributed by atoms with Crippen LogP contribution in [0.4, 0.5) is 5.69 Å². The Balaban J connectivity index is 1.95. The molecule has 2 aromatic rings. The Kier molecular flexibility index (Phi) is 6.80. The van der Waals surface area contributed by atoms with E-state index in [1.807, 2.05) is 18.2 Å². The van der Waals surface area contributed by atoms with E-state index in [9.17, 15) is 9.59 Å². The third kappa shape index (κ3) is 5.20. The van der Waals surface area contributed by atoms with Crippen LogP contribution in [-0.2, 0) is 14.3 Å². The van der Waals surface area contributed by atoms with Gasteiger partial charge >= 0.3 is 11.8 Å². The molecule has 0 aliphatic rings. The van der Waals surface area contributed by atoms with Crippen molar-refractivity contribution in [2.24, 2.45) is 0 Å². The molecule has 2 aromatic carbocycles. The zero-order valence-electron chi connectivity index (χ0n) is 13.9. The van der Waals surface area contributed by atoms with Crippen molar-refractivity contribution in [2.45, 2.75) is 6.10 Å². The lowest BCUT2D eigenvalue weighted by Crippen LogP contribution is -2.38. The quantitative estimate of drug-likeness (QED) is 0.775. The largest absolute Gasteiger partial charge is 0.496 e. The van der Waals surface area contributed by atoms with Gasteiger partial charge in [0, 0.05) is 29.9 Å². The molecule has 0 spiro atoms. The molecule has 0 aliphatic carbocycles. The monoisotopic (exact) mass is 362 g/mol. The second-order valence-corrected chi connectivity index (χ2v) is 5.57. The molecule has 0 saturated carbocycles. The summed E-state index contributed by atoms with van der Waals surface area (Å²) in [6.07, 6.45) is -0.441. The van der Waals surface area contributed by atoms with Crippen molar-refractivity contribution >= 4 is 29.1 Å². The number of hydrogen-bond donors (Lipinski definition) is 2. The van der Waals surface area contributed by atoms with Crippen LogP contribution in [0.25, 0.3) is 0 Å². The second-order valence-electron chi connectivity index (χ2n) is 5.14. The Bertz CT molecular complexity index is 734. The van der Waals surface area contributed by atoms with Gasteiger partial charge in [0.1, 0.15) is 11.9 Å². The average molecular weight is 363 g/mol. The number of benzene rings is 2. The van der Waals surface area contributed by atoms with E-state index >= 15 is 0 Å². The molecule has 1 atom stereocenters. The highest BCUT2D eigenvalue weighted by Gasteiger charge is 2.19. The molecule has 0 bridgehead atoms. The van der Waals surface area contributed by atoms with Gasteiger partial charge in [0.2, 0.25) is 0 Å². The van der Waals surface area contributed by atoms with Crippen LogP contribution in [0.15, 0.2) is 48.5 Å². The lowest BCUT2D eigenvalue weighted by atomic mass is 10.1.